The minimum atomic E-state index is -0.731. The van der Waals surface area contributed by atoms with E-state index in [1.165, 1.54) is 14.2 Å². The molecular weight excluding hydrogens is 318 g/mol. The van der Waals surface area contributed by atoms with Crippen molar-refractivity contribution in [3.05, 3.63) is 65.2 Å². The first-order valence-electron chi connectivity index (χ1n) is 7.05. The predicted molar refractivity (Wildman–Crippen MR) is 84.7 cm³/mol. The van der Waals surface area contributed by atoms with Crippen LogP contribution in [0.5, 0.6) is 5.75 Å². The Morgan fingerprint density at radius 2 is 1.83 bits per heavy atom. The van der Waals surface area contributed by atoms with E-state index in [2.05, 4.69) is 10.5 Å². The van der Waals surface area contributed by atoms with Crippen LogP contribution in [0, 0.1) is 11.6 Å². The molecule has 5 nitrogen and oxygen atoms in total. The van der Waals surface area contributed by atoms with E-state index in [1.807, 2.05) is 0 Å². The first-order chi connectivity index (χ1) is 11.5. The number of hydrogen-bond donors (Lipinski definition) is 1. The van der Waals surface area contributed by atoms with Crippen LogP contribution in [-0.4, -0.2) is 25.8 Å². The molecule has 0 aromatic heterocycles. The van der Waals surface area contributed by atoms with Gasteiger partial charge in [0, 0.05) is 30.8 Å². The number of carbonyl (C=O) groups excluding carboxylic acids is 1. The zero-order valence-electron chi connectivity index (χ0n) is 13.2. The van der Waals surface area contributed by atoms with Gasteiger partial charge in [-0.05, 0) is 5.56 Å². The van der Waals surface area contributed by atoms with Crippen LogP contribution in [0.15, 0.2) is 47.6 Å². The molecule has 0 spiro atoms. The number of ether oxygens (including phenoxy) is 1. The molecule has 0 unspecified atom stereocenters. The maximum Gasteiger partial charge on any atom is 0.273 e. The first-order valence-corrected chi connectivity index (χ1v) is 7.05. The predicted octanol–water partition coefficient (Wildman–Crippen LogP) is 2.64. The lowest BCUT2D eigenvalue weighted by atomic mass is 10.0. The third kappa shape index (κ3) is 4.28. The van der Waals surface area contributed by atoms with Crippen molar-refractivity contribution in [2.75, 3.05) is 14.2 Å². The summed E-state index contributed by atoms with van der Waals surface area (Å²) in [6.07, 6.45) is 0. The highest BCUT2D eigenvalue weighted by Gasteiger charge is 2.17. The van der Waals surface area contributed by atoms with Crippen molar-refractivity contribution in [2.24, 2.45) is 5.16 Å². The van der Waals surface area contributed by atoms with Crippen molar-refractivity contribution in [1.82, 2.24) is 5.32 Å². The molecule has 0 atom stereocenters. The normalized spacial score (nSPS) is 11.1. The summed E-state index contributed by atoms with van der Waals surface area (Å²) < 4.78 is 31.8. The van der Waals surface area contributed by atoms with Gasteiger partial charge in [0.2, 0.25) is 0 Å². The molecule has 126 valence electrons. The Balaban J connectivity index is 2.28. The van der Waals surface area contributed by atoms with E-state index in [4.69, 9.17) is 9.57 Å². The van der Waals surface area contributed by atoms with Gasteiger partial charge in [-0.2, -0.15) is 0 Å². The van der Waals surface area contributed by atoms with E-state index in [0.717, 1.165) is 18.2 Å². The summed E-state index contributed by atoms with van der Waals surface area (Å²) in [5.74, 6) is -1.84. The molecule has 0 saturated heterocycles. The maximum absolute atomic E-state index is 13.2. The molecular formula is C17H16F2N2O3. The van der Waals surface area contributed by atoms with Gasteiger partial charge in [-0.25, -0.2) is 8.78 Å². The Morgan fingerprint density at radius 1 is 1.17 bits per heavy atom. The molecule has 1 N–H and O–H groups in total. The number of nitrogens with one attached hydrogen (secondary N) is 1. The molecule has 0 aliphatic carbocycles. The number of rotatable bonds is 6. The van der Waals surface area contributed by atoms with Gasteiger partial charge in [0.15, 0.2) is 5.71 Å². The largest absolute Gasteiger partial charge is 0.489 e. The second kappa shape index (κ2) is 8.05. The van der Waals surface area contributed by atoms with Crippen LogP contribution in [-0.2, 0) is 16.2 Å². The van der Waals surface area contributed by atoms with E-state index in [0.29, 0.717) is 11.1 Å². The fourth-order valence-electron chi connectivity index (χ4n) is 2.07. The number of hydrogen-bond acceptors (Lipinski definition) is 4. The SMILES string of the molecule is CNC(=O)/C(=N/OC)c1ccccc1COc1cc(F)cc(F)c1. The number of carbonyl (C=O) groups is 1. The van der Waals surface area contributed by atoms with E-state index >= 15 is 0 Å². The molecule has 0 heterocycles. The van der Waals surface area contributed by atoms with Crippen molar-refractivity contribution in [2.45, 2.75) is 6.61 Å². The minimum absolute atomic E-state index is 0.00120. The highest BCUT2D eigenvalue weighted by atomic mass is 19.1. The van der Waals surface area contributed by atoms with Gasteiger partial charge in [0.25, 0.3) is 5.91 Å². The zero-order chi connectivity index (χ0) is 17.5. The third-order valence-corrected chi connectivity index (χ3v) is 3.13. The average Bonchev–Trinajstić information content (AvgIpc) is 2.57. The summed E-state index contributed by atoms with van der Waals surface area (Å²) in [6.45, 7) is -0.00120. The maximum atomic E-state index is 13.2. The molecule has 2 aromatic rings. The lowest BCUT2D eigenvalue weighted by Gasteiger charge is -2.12. The van der Waals surface area contributed by atoms with Crippen LogP contribution in [0.4, 0.5) is 8.78 Å². The van der Waals surface area contributed by atoms with Crippen LogP contribution in [0.2, 0.25) is 0 Å². The Labute approximate surface area is 137 Å². The molecule has 0 aliphatic heterocycles. The number of nitrogens with zero attached hydrogens (tertiary/aromatic N) is 1. The molecule has 7 heteroatoms. The van der Waals surface area contributed by atoms with Crippen LogP contribution < -0.4 is 10.1 Å². The fourth-order valence-corrected chi connectivity index (χ4v) is 2.07. The average molecular weight is 334 g/mol. The molecule has 2 rings (SSSR count). The minimum Gasteiger partial charge on any atom is -0.489 e. The summed E-state index contributed by atoms with van der Waals surface area (Å²) in [7, 11) is 2.81. The Hall–Kier alpha value is -2.96. The summed E-state index contributed by atoms with van der Waals surface area (Å²) in [6, 6.07) is 9.80. The molecule has 0 radical (unpaired) electrons. The van der Waals surface area contributed by atoms with Crippen molar-refractivity contribution in [3.8, 4) is 5.75 Å². The molecule has 2 aromatic carbocycles. The summed E-state index contributed by atoms with van der Waals surface area (Å²) in [5.41, 5.74) is 1.18. The summed E-state index contributed by atoms with van der Waals surface area (Å²) in [5, 5.41) is 6.21. The van der Waals surface area contributed by atoms with Gasteiger partial charge in [-0.15, -0.1) is 0 Å². The molecule has 0 saturated carbocycles. The van der Waals surface area contributed by atoms with Crippen molar-refractivity contribution >= 4 is 11.6 Å². The topological polar surface area (TPSA) is 59.9 Å². The van der Waals surface area contributed by atoms with Crippen LogP contribution in [0.1, 0.15) is 11.1 Å². The number of oxime groups is 1. The van der Waals surface area contributed by atoms with Gasteiger partial charge in [0.1, 0.15) is 31.1 Å². The zero-order valence-corrected chi connectivity index (χ0v) is 13.2. The second-order valence-electron chi connectivity index (χ2n) is 4.75. The quantitative estimate of drug-likeness (QED) is 0.653. The van der Waals surface area contributed by atoms with Gasteiger partial charge in [-0.3, -0.25) is 4.79 Å². The first kappa shape index (κ1) is 17.4. The third-order valence-electron chi connectivity index (χ3n) is 3.13. The number of halogens is 2. The molecule has 0 aliphatic rings. The number of amides is 1. The second-order valence-corrected chi connectivity index (χ2v) is 4.75. The lowest BCUT2D eigenvalue weighted by molar-refractivity contribution is -0.114. The number of likely N-dealkylation sites (N-methyl/N-ethyl adjacent to an activating group) is 1. The van der Waals surface area contributed by atoms with Crippen molar-refractivity contribution in [3.63, 3.8) is 0 Å². The van der Waals surface area contributed by atoms with Gasteiger partial charge in [-0.1, -0.05) is 29.4 Å². The Bertz CT molecular complexity index is 743. The van der Waals surface area contributed by atoms with Crippen LogP contribution in [0.25, 0.3) is 0 Å². The molecule has 24 heavy (non-hydrogen) atoms. The Morgan fingerprint density at radius 3 is 2.46 bits per heavy atom. The molecule has 0 fully saturated rings. The Kier molecular flexibility index (Phi) is 5.83. The fraction of sp³-hybridized carbons (Fsp3) is 0.176. The van der Waals surface area contributed by atoms with E-state index < -0.39 is 17.5 Å². The van der Waals surface area contributed by atoms with Gasteiger partial charge in [0.05, 0.1) is 0 Å². The van der Waals surface area contributed by atoms with Gasteiger partial charge < -0.3 is 14.9 Å². The highest BCUT2D eigenvalue weighted by Crippen LogP contribution is 2.19. The molecule has 0 bridgehead atoms. The van der Waals surface area contributed by atoms with Gasteiger partial charge >= 0.3 is 0 Å². The van der Waals surface area contributed by atoms with E-state index in [-0.39, 0.29) is 18.1 Å². The van der Waals surface area contributed by atoms with Crippen LogP contribution >= 0.6 is 0 Å². The molecule has 1 amide bonds. The highest BCUT2D eigenvalue weighted by molar-refractivity contribution is 6.45. The smallest absolute Gasteiger partial charge is 0.273 e. The van der Waals surface area contributed by atoms with Crippen molar-refractivity contribution in [1.29, 1.82) is 0 Å². The van der Waals surface area contributed by atoms with Crippen LogP contribution in [0.3, 0.4) is 0 Å². The monoisotopic (exact) mass is 334 g/mol. The van der Waals surface area contributed by atoms with Crippen molar-refractivity contribution < 1.29 is 23.1 Å². The summed E-state index contributed by atoms with van der Waals surface area (Å²) >= 11 is 0. The number of benzene rings is 2. The standard InChI is InChI=1S/C17H16F2N2O3/c1-20-17(22)16(21-23-2)15-6-4-3-5-11(15)10-24-14-8-12(18)7-13(19)9-14/h3-9H,10H2,1-2H3,(H,20,22)/b21-16+. The van der Waals surface area contributed by atoms with E-state index in [9.17, 15) is 13.6 Å². The lowest BCUT2D eigenvalue weighted by Crippen LogP contribution is -2.29. The van der Waals surface area contributed by atoms with E-state index in [1.54, 1.807) is 24.3 Å². The summed E-state index contributed by atoms with van der Waals surface area (Å²) in [4.78, 5) is 16.7.